The lowest BCUT2D eigenvalue weighted by molar-refractivity contribution is -0.384. The van der Waals surface area contributed by atoms with Crippen molar-refractivity contribution in [1.29, 1.82) is 0 Å². The molecule has 0 atom stereocenters. The lowest BCUT2D eigenvalue weighted by atomic mass is 10.1. The quantitative estimate of drug-likeness (QED) is 0.220. The maximum Gasteiger partial charge on any atom is 0.342 e. The highest BCUT2D eigenvalue weighted by atomic mass is 16.6. The summed E-state index contributed by atoms with van der Waals surface area (Å²) in [5, 5.41) is 18.3. The molecular formula is C26H22N4O6. The fraction of sp³-hybridized carbons (Fsp3) is 0.115. The average Bonchev–Trinajstić information content (AvgIpc) is 3.34. The van der Waals surface area contributed by atoms with E-state index >= 15 is 0 Å². The number of para-hydroxylation sites is 2. The normalized spacial score (nSPS) is 10.5. The highest BCUT2D eigenvalue weighted by molar-refractivity contribution is 5.99. The number of nitro groups is 1. The molecule has 0 aliphatic heterocycles. The first kappa shape index (κ1) is 24.1. The van der Waals surface area contributed by atoms with Crippen LogP contribution in [0, 0.1) is 17.0 Å². The van der Waals surface area contributed by atoms with Crippen LogP contribution in [0.3, 0.4) is 0 Å². The first-order chi connectivity index (χ1) is 17.4. The van der Waals surface area contributed by atoms with Gasteiger partial charge in [-0.2, -0.15) is 5.10 Å². The molecule has 36 heavy (non-hydrogen) atoms. The number of amides is 1. The predicted octanol–water partition coefficient (Wildman–Crippen LogP) is 4.56. The molecule has 0 radical (unpaired) electrons. The van der Waals surface area contributed by atoms with Gasteiger partial charge in [0.15, 0.2) is 6.61 Å². The molecule has 0 unspecified atom stereocenters. The van der Waals surface area contributed by atoms with Crippen molar-refractivity contribution in [3.63, 3.8) is 0 Å². The largest absolute Gasteiger partial charge is 0.497 e. The number of nitrogens with zero attached hydrogens (tertiary/aromatic N) is 3. The smallest absolute Gasteiger partial charge is 0.342 e. The molecule has 1 aromatic heterocycles. The molecule has 3 aromatic carbocycles. The van der Waals surface area contributed by atoms with Crippen molar-refractivity contribution in [2.24, 2.45) is 0 Å². The van der Waals surface area contributed by atoms with Gasteiger partial charge in [-0.3, -0.25) is 14.9 Å². The zero-order valence-electron chi connectivity index (χ0n) is 19.5. The Kier molecular flexibility index (Phi) is 7.05. The molecular weight excluding hydrogens is 464 g/mol. The number of methoxy groups -OCH3 is 1. The van der Waals surface area contributed by atoms with Gasteiger partial charge in [0.25, 0.3) is 11.6 Å². The molecule has 0 saturated heterocycles. The molecule has 1 N–H and O–H groups in total. The van der Waals surface area contributed by atoms with Crippen molar-refractivity contribution in [3.8, 4) is 22.7 Å². The van der Waals surface area contributed by atoms with Gasteiger partial charge in [0.1, 0.15) is 22.7 Å². The van der Waals surface area contributed by atoms with Gasteiger partial charge in [0.2, 0.25) is 0 Å². The number of carbonyl (C=O) groups excluding carboxylic acids is 2. The summed E-state index contributed by atoms with van der Waals surface area (Å²) >= 11 is 0. The number of benzene rings is 3. The fourth-order valence-electron chi connectivity index (χ4n) is 3.55. The van der Waals surface area contributed by atoms with E-state index in [1.54, 1.807) is 49.0 Å². The van der Waals surface area contributed by atoms with Gasteiger partial charge in [-0.05, 0) is 48.9 Å². The Labute approximate surface area is 206 Å². The van der Waals surface area contributed by atoms with Crippen molar-refractivity contribution in [1.82, 2.24) is 9.78 Å². The van der Waals surface area contributed by atoms with Crippen LogP contribution in [0.15, 0.2) is 79.0 Å². The number of aromatic nitrogens is 2. The summed E-state index contributed by atoms with van der Waals surface area (Å²) < 4.78 is 12.0. The Morgan fingerprint density at radius 2 is 1.75 bits per heavy atom. The summed E-state index contributed by atoms with van der Waals surface area (Å²) in [5.41, 5.74) is 2.21. The molecule has 0 aliphatic carbocycles. The third-order valence-corrected chi connectivity index (χ3v) is 5.36. The Bertz CT molecular complexity index is 1410. The van der Waals surface area contributed by atoms with E-state index in [2.05, 4.69) is 10.4 Å². The third kappa shape index (κ3) is 5.22. The zero-order chi connectivity index (χ0) is 25.7. The molecule has 0 fully saturated rings. The number of aryl methyl sites for hydroxylation is 1. The number of carbonyl (C=O) groups is 2. The van der Waals surface area contributed by atoms with E-state index in [1.165, 1.54) is 18.3 Å². The van der Waals surface area contributed by atoms with E-state index in [9.17, 15) is 19.7 Å². The second kappa shape index (κ2) is 10.5. The molecule has 1 heterocycles. The number of nitro benzene ring substituents is 1. The fourth-order valence-corrected chi connectivity index (χ4v) is 3.55. The highest BCUT2D eigenvalue weighted by Gasteiger charge is 2.22. The second-order valence-corrected chi connectivity index (χ2v) is 7.75. The van der Waals surface area contributed by atoms with Crippen LogP contribution in [-0.4, -0.2) is 40.3 Å². The van der Waals surface area contributed by atoms with E-state index in [0.717, 1.165) is 5.69 Å². The van der Waals surface area contributed by atoms with Crippen molar-refractivity contribution in [2.75, 3.05) is 19.0 Å². The maximum absolute atomic E-state index is 13.0. The average molecular weight is 486 g/mol. The van der Waals surface area contributed by atoms with E-state index < -0.39 is 23.4 Å². The molecule has 0 aliphatic rings. The molecule has 4 aromatic rings. The topological polar surface area (TPSA) is 126 Å². The van der Waals surface area contributed by atoms with Crippen molar-refractivity contribution in [2.45, 2.75) is 6.92 Å². The van der Waals surface area contributed by atoms with Crippen molar-refractivity contribution >= 4 is 23.3 Å². The number of anilines is 1. The highest BCUT2D eigenvalue weighted by Crippen LogP contribution is 2.28. The van der Waals surface area contributed by atoms with E-state index in [0.29, 0.717) is 22.6 Å². The van der Waals surface area contributed by atoms with Gasteiger partial charge >= 0.3 is 5.97 Å². The van der Waals surface area contributed by atoms with Gasteiger partial charge in [0.05, 0.1) is 17.7 Å². The summed E-state index contributed by atoms with van der Waals surface area (Å²) in [5.74, 6) is -0.827. The molecule has 182 valence electrons. The van der Waals surface area contributed by atoms with Crippen LogP contribution in [0.4, 0.5) is 11.4 Å². The summed E-state index contributed by atoms with van der Waals surface area (Å²) in [6.07, 6.45) is 1.53. The Balaban J connectivity index is 1.57. The minimum atomic E-state index is -0.766. The summed E-state index contributed by atoms with van der Waals surface area (Å²) in [6.45, 7) is 0.997. The molecule has 1 amide bonds. The number of rotatable bonds is 8. The first-order valence-corrected chi connectivity index (χ1v) is 10.9. The lowest BCUT2D eigenvalue weighted by Gasteiger charge is -2.09. The standard InChI is InChI=1S/C26H22N4O6/c1-17-7-6-10-22(30(33)34)24(17)27-23(31)16-36-26(32)21-15-29(19-8-4-3-5-9-19)28-25(21)18-11-13-20(35-2)14-12-18/h3-15H,16H2,1-2H3,(H,27,31). The third-order valence-electron chi connectivity index (χ3n) is 5.36. The van der Waals surface area contributed by atoms with Gasteiger partial charge in [-0.15, -0.1) is 0 Å². The molecule has 0 bridgehead atoms. The number of nitrogens with one attached hydrogen (secondary N) is 1. The molecule has 4 rings (SSSR count). The van der Waals surface area contributed by atoms with Crippen molar-refractivity contribution < 1.29 is 24.0 Å². The lowest BCUT2D eigenvalue weighted by Crippen LogP contribution is -2.22. The molecule has 10 nitrogen and oxygen atoms in total. The van der Waals surface area contributed by atoms with Crippen LogP contribution >= 0.6 is 0 Å². The van der Waals surface area contributed by atoms with Crippen LogP contribution in [0.1, 0.15) is 15.9 Å². The second-order valence-electron chi connectivity index (χ2n) is 7.75. The van der Waals surface area contributed by atoms with E-state index in [4.69, 9.17) is 9.47 Å². The number of hydrogen-bond donors (Lipinski definition) is 1. The molecule has 0 spiro atoms. The van der Waals surface area contributed by atoms with Gasteiger partial charge in [-0.25, -0.2) is 9.48 Å². The minimum Gasteiger partial charge on any atom is -0.497 e. The molecule has 0 saturated carbocycles. The van der Waals surface area contributed by atoms with Crippen LogP contribution in [0.5, 0.6) is 5.75 Å². The Morgan fingerprint density at radius 1 is 1.03 bits per heavy atom. The number of hydrogen-bond acceptors (Lipinski definition) is 7. The van der Waals surface area contributed by atoms with Crippen LogP contribution < -0.4 is 10.1 Å². The van der Waals surface area contributed by atoms with Gasteiger partial charge < -0.3 is 14.8 Å². The van der Waals surface area contributed by atoms with Crippen LogP contribution in [-0.2, 0) is 9.53 Å². The summed E-state index contributed by atoms with van der Waals surface area (Å²) in [7, 11) is 1.55. The molecule has 10 heteroatoms. The Morgan fingerprint density at radius 3 is 2.42 bits per heavy atom. The van der Waals surface area contributed by atoms with Crippen molar-refractivity contribution in [3.05, 3.63) is 100 Å². The zero-order valence-corrected chi connectivity index (χ0v) is 19.5. The number of ether oxygens (including phenoxy) is 2. The van der Waals surface area contributed by atoms with Crippen LogP contribution in [0.25, 0.3) is 16.9 Å². The van der Waals surface area contributed by atoms with E-state index in [1.807, 2.05) is 30.3 Å². The monoisotopic (exact) mass is 486 g/mol. The maximum atomic E-state index is 13.0. The van der Waals surface area contributed by atoms with Gasteiger partial charge in [-0.1, -0.05) is 30.3 Å². The van der Waals surface area contributed by atoms with E-state index in [-0.39, 0.29) is 16.9 Å². The first-order valence-electron chi connectivity index (χ1n) is 10.9. The Hall–Kier alpha value is -4.99. The minimum absolute atomic E-state index is 0.0550. The summed E-state index contributed by atoms with van der Waals surface area (Å²) in [4.78, 5) is 36.2. The predicted molar refractivity (Wildman–Crippen MR) is 132 cm³/mol. The SMILES string of the molecule is COc1ccc(-c2nn(-c3ccccc3)cc2C(=O)OCC(=O)Nc2c(C)cccc2[N+](=O)[O-])cc1. The van der Waals surface area contributed by atoms with Gasteiger partial charge in [0, 0.05) is 17.8 Å². The number of esters is 1. The summed E-state index contributed by atoms with van der Waals surface area (Å²) in [6, 6.07) is 20.7. The van der Waals surface area contributed by atoms with Crippen LogP contribution in [0.2, 0.25) is 0 Å².